The molecule has 3 rings (SSSR count). The van der Waals surface area contributed by atoms with Crippen molar-refractivity contribution in [3.63, 3.8) is 0 Å². The van der Waals surface area contributed by atoms with Gasteiger partial charge in [-0.05, 0) is 54.2 Å². The molecular formula is C16H14N6O2S. The third-order valence-corrected chi connectivity index (χ3v) is 4.98. The van der Waals surface area contributed by atoms with Gasteiger partial charge in [-0.15, -0.1) is 10.2 Å². The van der Waals surface area contributed by atoms with Crippen LogP contribution in [0.15, 0.2) is 53.4 Å². The molecule has 0 spiro atoms. The maximum Gasteiger partial charge on any atom is 0.240 e. The van der Waals surface area contributed by atoms with Gasteiger partial charge in [0.15, 0.2) is 0 Å². The molecule has 0 aliphatic rings. The highest BCUT2D eigenvalue weighted by atomic mass is 32.2. The minimum absolute atomic E-state index is 0.170. The molecule has 0 amide bonds. The van der Waals surface area contributed by atoms with Crippen LogP contribution in [-0.4, -0.2) is 35.7 Å². The zero-order valence-electron chi connectivity index (χ0n) is 13.3. The lowest BCUT2D eigenvalue weighted by molar-refractivity contribution is 0.573. The highest BCUT2D eigenvalue weighted by Crippen LogP contribution is 2.17. The monoisotopic (exact) mass is 354 g/mol. The molecule has 3 aromatic rings. The largest absolute Gasteiger partial charge is 0.240 e. The first kappa shape index (κ1) is 16.8. The second-order valence-corrected chi connectivity index (χ2v) is 7.07. The minimum Gasteiger partial charge on any atom is -0.214 e. The molecule has 0 unspecified atom stereocenters. The second-order valence-electron chi connectivity index (χ2n) is 5.18. The van der Waals surface area contributed by atoms with Gasteiger partial charge in [0.05, 0.1) is 23.1 Å². The summed E-state index contributed by atoms with van der Waals surface area (Å²) in [7, 11) is -2.11. The summed E-state index contributed by atoms with van der Waals surface area (Å²) in [6.07, 6.45) is 0. The number of benzene rings is 2. The van der Waals surface area contributed by atoms with Gasteiger partial charge in [-0.2, -0.15) is 10.1 Å². The maximum absolute atomic E-state index is 11.7. The highest BCUT2D eigenvalue weighted by Gasteiger charge is 2.12. The molecule has 0 aliphatic carbocycles. The first-order valence-electron chi connectivity index (χ1n) is 7.32. The third-order valence-electron chi connectivity index (χ3n) is 3.55. The number of nitrogens with zero attached hydrogens (tertiary/aromatic N) is 5. The normalized spacial score (nSPS) is 11.2. The molecule has 0 atom stereocenters. The topological polar surface area (TPSA) is 114 Å². The smallest absolute Gasteiger partial charge is 0.214 e. The predicted molar refractivity (Wildman–Crippen MR) is 89.8 cm³/mol. The average Bonchev–Trinajstić information content (AvgIpc) is 3.11. The summed E-state index contributed by atoms with van der Waals surface area (Å²) in [5, 5.41) is 21.1. The predicted octanol–water partition coefficient (Wildman–Crippen LogP) is 1.17. The second kappa shape index (κ2) is 6.80. The Balaban J connectivity index is 1.78. The van der Waals surface area contributed by atoms with Crippen LogP contribution in [-0.2, 0) is 16.6 Å². The van der Waals surface area contributed by atoms with Crippen LogP contribution >= 0.6 is 0 Å². The molecular weight excluding hydrogens is 340 g/mol. The summed E-state index contributed by atoms with van der Waals surface area (Å²) in [6, 6.07) is 15.4. The van der Waals surface area contributed by atoms with E-state index in [1.807, 2.05) is 12.1 Å². The van der Waals surface area contributed by atoms with Crippen LogP contribution in [0.5, 0.6) is 0 Å². The summed E-state index contributed by atoms with van der Waals surface area (Å²) in [6.45, 7) is 0.422. The fourth-order valence-electron chi connectivity index (χ4n) is 2.17. The Kier molecular flexibility index (Phi) is 4.56. The summed E-state index contributed by atoms with van der Waals surface area (Å²) in [5.41, 5.74) is 2.20. The number of hydrogen-bond donors (Lipinski definition) is 1. The van der Waals surface area contributed by atoms with Gasteiger partial charge in [0, 0.05) is 5.56 Å². The van der Waals surface area contributed by atoms with Gasteiger partial charge in [0.1, 0.15) is 0 Å². The number of aromatic nitrogens is 4. The lowest BCUT2D eigenvalue weighted by atomic mass is 10.1. The van der Waals surface area contributed by atoms with Crippen molar-refractivity contribution in [3.05, 3.63) is 59.7 Å². The Bertz CT molecular complexity index is 1020. The van der Waals surface area contributed by atoms with Gasteiger partial charge in [-0.1, -0.05) is 12.1 Å². The van der Waals surface area contributed by atoms with E-state index in [4.69, 9.17) is 5.26 Å². The Morgan fingerprint density at radius 1 is 1.12 bits per heavy atom. The molecule has 25 heavy (non-hydrogen) atoms. The standard InChI is InChI=1S/C16H14N6O2S/c1-18-25(23,24)15-8-6-14(7-9-15)16-19-21-22(20-16)11-13-4-2-12(10-17)3-5-13/h2-9,18H,11H2,1H3. The van der Waals surface area contributed by atoms with Crippen molar-refractivity contribution in [2.45, 2.75) is 11.4 Å². The Hall–Kier alpha value is -3.09. The third kappa shape index (κ3) is 3.71. The van der Waals surface area contributed by atoms with Crippen molar-refractivity contribution < 1.29 is 8.42 Å². The van der Waals surface area contributed by atoms with Gasteiger partial charge in [0.2, 0.25) is 15.8 Å². The zero-order chi connectivity index (χ0) is 17.9. The fourth-order valence-corrected chi connectivity index (χ4v) is 2.90. The molecule has 1 heterocycles. The van der Waals surface area contributed by atoms with Crippen molar-refractivity contribution in [1.82, 2.24) is 24.9 Å². The molecule has 0 radical (unpaired) electrons. The van der Waals surface area contributed by atoms with E-state index in [9.17, 15) is 8.42 Å². The Labute approximate surface area is 144 Å². The highest BCUT2D eigenvalue weighted by molar-refractivity contribution is 7.89. The summed E-state index contributed by atoms with van der Waals surface area (Å²) >= 11 is 0. The number of nitriles is 1. The maximum atomic E-state index is 11.7. The number of tetrazole rings is 1. The van der Waals surface area contributed by atoms with Crippen LogP contribution in [0.4, 0.5) is 0 Å². The van der Waals surface area contributed by atoms with E-state index in [0.717, 1.165) is 5.56 Å². The van der Waals surface area contributed by atoms with Crippen LogP contribution in [0.25, 0.3) is 11.4 Å². The SMILES string of the molecule is CNS(=O)(=O)c1ccc(-c2nnn(Cc3ccc(C#N)cc3)n2)cc1. The summed E-state index contributed by atoms with van der Waals surface area (Å²) in [4.78, 5) is 1.61. The number of nitrogens with one attached hydrogen (secondary N) is 1. The molecule has 1 N–H and O–H groups in total. The van der Waals surface area contributed by atoms with Crippen molar-refractivity contribution in [2.24, 2.45) is 0 Å². The Morgan fingerprint density at radius 3 is 2.40 bits per heavy atom. The van der Waals surface area contributed by atoms with Crippen molar-refractivity contribution >= 4 is 10.0 Å². The van der Waals surface area contributed by atoms with Gasteiger partial charge in [-0.3, -0.25) is 0 Å². The molecule has 1 aromatic heterocycles. The van der Waals surface area contributed by atoms with E-state index in [1.54, 1.807) is 24.3 Å². The number of sulfonamides is 1. The van der Waals surface area contributed by atoms with E-state index in [-0.39, 0.29) is 4.90 Å². The molecule has 0 bridgehead atoms. The van der Waals surface area contributed by atoms with Crippen LogP contribution in [0.2, 0.25) is 0 Å². The van der Waals surface area contributed by atoms with Crippen molar-refractivity contribution in [3.8, 4) is 17.5 Å². The molecule has 0 saturated carbocycles. The quantitative estimate of drug-likeness (QED) is 0.736. The lowest BCUT2D eigenvalue weighted by Gasteiger charge is -2.02. The molecule has 2 aromatic carbocycles. The lowest BCUT2D eigenvalue weighted by Crippen LogP contribution is -2.18. The van der Waals surface area contributed by atoms with Gasteiger partial charge >= 0.3 is 0 Å². The summed E-state index contributed by atoms with van der Waals surface area (Å²) in [5.74, 6) is 0.405. The molecule has 126 valence electrons. The van der Waals surface area contributed by atoms with Gasteiger partial charge in [0.25, 0.3) is 0 Å². The van der Waals surface area contributed by atoms with Crippen LogP contribution in [0.3, 0.4) is 0 Å². The molecule has 0 fully saturated rings. The van der Waals surface area contributed by atoms with E-state index in [0.29, 0.717) is 23.5 Å². The zero-order valence-corrected chi connectivity index (χ0v) is 14.1. The van der Waals surface area contributed by atoms with E-state index >= 15 is 0 Å². The molecule has 0 saturated heterocycles. The molecule has 8 nitrogen and oxygen atoms in total. The van der Waals surface area contributed by atoms with Crippen LogP contribution in [0, 0.1) is 11.3 Å². The number of rotatable bonds is 5. The van der Waals surface area contributed by atoms with E-state index < -0.39 is 10.0 Å². The van der Waals surface area contributed by atoms with E-state index in [1.165, 1.54) is 24.0 Å². The fraction of sp³-hybridized carbons (Fsp3) is 0.125. The minimum atomic E-state index is -3.47. The van der Waals surface area contributed by atoms with Gasteiger partial charge < -0.3 is 0 Å². The van der Waals surface area contributed by atoms with E-state index in [2.05, 4.69) is 26.2 Å². The average molecular weight is 354 g/mol. The first-order chi connectivity index (χ1) is 12.0. The van der Waals surface area contributed by atoms with Crippen LogP contribution < -0.4 is 4.72 Å². The van der Waals surface area contributed by atoms with Gasteiger partial charge in [-0.25, -0.2) is 13.1 Å². The first-order valence-corrected chi connectivity index (χ1v) is 8.81. The molecule has 0 aliphatic heterocycles. The van der Waals surface area contributed by atoms with Crippen molar-refractivity contribution in [2.75, 3.05) is 7.05 Å². The molecule has 9 heteroatoms. The Morgan fingerprint density at radius 2 is 1.80 bits per heavy atom. The van der Waals surface area contributed by atoms with Crippen molar-refractivity contribution in [1.29, 1.82) is 5.26 Å². The number of hydrogen-bond acceptors (Lipinski definition) is 6. The van der Waals surface area contributed by atoms with Crippen LogP contribution in [0.1, 0.15) is 11.1 Å². The summed E-state index contributed by atoms with van der Waals surface area (Å²) < 4.78 is 25.7.